The summed E-state index contributed by atoms with van der Waals surface area (Å²) in [5.41, 5.74) is 3.95. The lowest BCUT2D eigenvalue weighted by Crippen LogP contribution is -1.96. The Bertz CT molecular complexity index is 974. The van der Waals surface area contributed by atoms with Crippen molar-refractivity contribution in [1.82, 2.24) is 24.1 Å². The summed E-state index contributed by atoms with van der Waals surface area (Å²) >= 11 is 7.82. The Morgan fingerprint density at radius 2 is 2.12 bits per heavy atom. The van der Waals surface area contributed by atoms with Crippen LogP contribution in [0.25, 0.3) is 11.3 Å². The van der Waals surface area contributed by atoms with Crippen LogP contribution in [0, 0.1) is 6.92 Å². The fraction of sp³-hybridized carbons (Fsp3) is 0.118. The number of hydrogen-bond donors (Lipinski definition) is 0. The van der Waals surface area contributed by atoms with Crippen LogP contribution in [0.5, 0.6) is 0 Å². The Hall–Kier alpha value is -2.31. The van der Waals surface area contributed by atoms with Crippen molar-refractivity contribution in [3.63, 3.8) is 0 Å². The van der Waals surface area contributed by atoms with Crippen LogP contribution in [0.15, 0.2) is 60.3 Å². The van der Waals surface area contributed by atoms with Crippen molar-refractivity contribution < 1.29 is 0 Å². The van der Waals surface area contributed by atoms with Crippen molar-refractivity contribution in [2.24, 2.45) is 0 Å². The van der Waals surface area contributed by atoms with Crippen LogP contribution in [0.2, 0.25) is 5.02 Å². The molecule has 120 valence electrons. The van der Waals surface area contributed by atoms with Crippen LogP contribution >= 0.6 is 23.4 Å². The summed E-state index contributed by atoms with van der Waals surface area (Å²) in [7, 11) is 0. The monoisotopic (exact) mass is 355 g/mol. The van der Waals surface area contributed by atoms with Gasteiger partial charge in [-0.1, -0.05) is 35.5 Å². The summed E-state index contributed by atoms with van der Waals surface area (Å²) in [5.74, 6) is 0.722. The maximum atomic E-state index is 6.23. The molecule has 3 heterocycles. The normalized spacial score (nSPS) is 11.2. The molecular weight excluding hydrogens is 342 g/mol. The molecule has 0 amide bonds. The van der Waals surface area contributed by atoms with Gasteiger partial charge in [0.15, 0.2) is 5.16 Å². The number of aryl methyl sites for hydroxylation is 1. The van der Waals surface area contributed by atoms with Crippen molar-refractivity contribution in [3.8, 4) is 5.69 Å². The van der Waals surface area contributed by atoms with Crippen LogP contribution < -0.4 is 0 Å². The van der Waals surface area contributed by atoms with Gasteiger partial charge in [-0.3, -0.25) is 4.57 Å². The highest BCUT2D eigenvalue weighted by molar-refractivity contribution is 7.98. The first-order chi connectivity index (χ1) is 11.7. The molecule has 5 nitrogen and oxygen atoms in total. The predicted octanol–water partition coefficient (Wildman–Crippen LogP) is 4.17. The zero-order valence-corrected chi connectivity index (χ0v) is 14.5. The number of aromatic nitrogens is 5. The average molecular weight is 356 g/mol. The first-order valence-electron chi connectivity index (χ1n) is 7.43. The van der Waals surface area contributed by atoms with E-state index in [1.807, 2.05) is 64.7 Å². The molecule has 0 aliphatic carbocycles. The van der Waals surface area contributed by atoms with Gasteiger partial charge in [0.05, 0.1) is 11.4 Å². The lowest BCUT2D eigenvalue weighted by Gasteiger charge is -2.07. The molecule has 4 rings (SSSR count). The van der Waals surface area contributed by atoms with Gasteiger partial charge in [0.25, 0.3) is 0 Å². The summed E-state index contributed by atoms with van der Waals surface area (Å²) < 4.78 is 3.95. The molecule has 0 spiro atoms. The summed E-state index contributed by atoms with van der Waals surface area (Å²) in [5, 5.41) is 9.79. The fourth-order valence-electron chi connectivity index (χ4n) is 2.43. The Morgan fingerprint density at radius 3 is 2.96 bits per heavy atom. The Morgan fingerprint density at radius 1 is 1.21 bits per heavy atom. The highest BCUT2D eigenvalue weighted by Crippen LogP contribution is 2.25. The SMILES string of the molecule is Cc1ccc(-n2cnnc2SCc2cn3ccccc3n2)cc1Cl. The van der Waals surface area contributed by atoms with E-state index in [0.29, 0.717) is 0 Å². The minimum atomic E-state index is 0.722. The smallest absolute Gasteiger partial charge is 0.195 e. The second-order valence-corrected chi connectivity index (χ2v) is 6.75. The quantitative estimate of drug-likeness (QED) is 0.515. The van der Waals surface area contributed by atoms with Gasteiger partial charge in [0.1, 0.15) is 12.0 Å². The Labute approximate surface area is 148 Å². The van der Waals surface area contributed by atoms with E-state index in [2.05, 4.69) is 15.2 Å². The molecule has 0 bridgehead atoms. The molecule has 0 aliphatic rings. The number of rotatable bonds is 4. The Kier molecular flexibility index (Phi) is 4.00. The first-order valence-corrected chi connectivity index (χ1v) is 8.79. The number of nitrogens with zero attached hydrogens (tertiary/aromatic N) is 5. The minimum Gasteiger partial charge on any atom is -0.307 e. The van der Waals surface area contributed by atoms with Gasteiger partial charge in [0.2, 0.25) is 0 Å². The maximum absolute atomic E-state index is 6.23. The third-order valence-corrected chi connectivity index (χ3v) is 5.10. The number of hydrogen-bond acceptors (Lipinski definition) is 4. The van der Waals surface area contributed by atoms with Gasteiger partial charge in [-0.05, 0) is 36.8 Å². The van der Waals surface area contributed by atoms with Gasteiger partial charge in [0, 0.05) is 23.2 Å². The lowest BCUT2D eigenvalue weighted by atomic mass is 10.2. The van der Waals surface area contributed by atoms with Gasteiger partial charge >= 0.3 is 0 Å². The number of fused-ring (bicyclic) bond motifs is 1. The fourth-order valence-corrected chi connectivity index (χ4v) is 3.41. The molecule has 0 saturated carbocycles. The molecule has 0 aliphatic heterocycles. The van der Waals surface area contributed by atoms with E-state index in [9.17, 15) is 0 Å². The zero-order chi connectivity index (χ0) is 16.5. The van der Waals surface area contributed by atoms with Gasteiger partial charge in [-0.25, -0.2) is 4.98 Å². The van der Waals surface area contributed by atoms with Crippen molar-refractivity contribution in [3.05, 3.63) is 71.4 Å². The highest BCUT2D eigenvalue weighted by Gasteiger charge is 2.10. The molecule has 0 atom stereocenters. The van der Waals surface area contributed by atoms with Gasteiger partial charge in [-0.15, -0.1) is 10.2 Å². The number of halogens is 1. The number of benzene rings is 1. The zero-order valence-electron chi connectivity index (χ0n) is 12.9. The van der Waals surface area contributed by atoms with Crippen LogP contribution in [0.3, 0.4) is 0 Å². The molecule has 0 radical (unpaired) electrons. The van der Waals surface area contributed by atoms with E-state index in [1.54, 1.807) is 18.1 Å². The van der Waals surface area contributed by atoms with Crippen molar-refractivity contribution in [2.75, 3.05) is 0 Å². The molecule has 3 aromatic heterocycles. The summed E-state index contributed by atoms with van der Waals surface area (Å²) in [6.07, 6.45) is 5.73. The third kappa shape index (κ3) is 2.90. The largest absolute Gasteiger partial charge is 0.307 e. The van der Waals surface area contributed by atoms with Crippen molar-refractivity contribution >= 4 is 29.0 Å². The van der Waals surface area contributed by atoms with E-state index in [4.69, 9.17) is 11.6 Å². The average Bonchev–Trinajstić information content (AvgIpc) is 3.21. The predicted molar refractivity (Wildman–Crippen MR) is 95.9 cm³/mol. The molecular formula is C17H14ClN5S. The number of thioether (sulfide) groups is 1. The molecule has 0 saturated heterocycles. The molecule has 0 N–H and O–H groups in total. The van der Waals surface area contributed by atoms with Crippen LogP contribution in [0.1, 0.15) is 11.3 Å². The van der Waals surface area contributed by atoms with E-state index in [1.165, 1.54) is 0 Å². The summed E-state index contributed by atoms with van der Waals surface area (Å²) in [6.45, 7) is 1.98. The molecule has 1 aromatic carbocycles. The highest BCUT2D eigenvalue weighted by atomic mass is 35.5. The third-order valence-electron chi connectivity index (χ3n) is 3.71. The van der Waals surface area contributed by atoms with Crippen LogP contribution in [-0.2, 0) is 5.75 Å². The van der Waals surface area contributed by atoms with E-state index in [0.717, 1.165) is 38.5 Å². The standard InChI is InChI=1S/C17H14ClN5S/c1-12-5-6-14(8-15(12)18)23-11-19-21-17(23)24-10-13-9-22-7-3-2-4-16(22)20-13/h2-9,11H,10H2,1H3. The molecule has 0 fully saturated rings. The summed E-state index contributed by atoms with van der Waals surface area (Å²) in [6, 6.07) is 11.9. The van der Waals surface area contributed by atoms with Crippen LogP contribution in [-0.4, -0.2) is 24.1 Å². The van der Waals surface area contributed by atoms with E-state index in [-0.39, 0.29) is 0 Å². The van der Waals surface area contributed by atoms with Crippen LogP contribution in [0.4, 0.5) is 0 Å². The minimum absolute atomic E-state index is 0.722. The molecule has 4 aromatic rings. The van der Waals surface area contributed by atoms with Crippen molar-refractivity contribution in [1.29, 1.82) is 0 Å². The molecule has 7 heteroatoms. The second-order valence-electron chi connectivity index (χ2n) is 5.40. The molecule has 0 unspecified atom stereocenters. The maximum Gasteiger partial charge on any atom is 0.195 e. The second kappa shape index (κ2) is 6.30. The van der Waals surface area contributed by atoms with Gasteiger partial charge in [-0.2, -0.15) is 0 Å². The first kappa shape index (κ1) is 15.2. The van der Waals surface area contributed by atoms with Crippen molar-refractivity contribution in [2.45, 2.75) is 17.8 Å². The number of imidazole rings is 1. The topological polar surface area (TPSA) is 48.0 Å². The van der Waals surface area contributed by atoms with Gasteiger partial charge < -0.3 is 4.40 Å². The number of pyridine rings is 1. The van der Waals surface area contributed by atoms with E-state index < -0.39 is 0 Å². The lowest BCUT2D eigenvalue weighted by molar-refractivity contribution is 0.883. The molecule has 24 heavy (non-hydrogen) atoms. The van der Waals surface area contributed by atoms with E-state index >= 15 is 0 Å². The summed E-state index contributed by atoms with van der Waals surface area (Å²) in [4.78, 5) is 4.60. The Balaban J connectivity index is 1.57.